The third kappa shape index (κ3) is 2.41. The van der Waals surface area contributed by atoms with Crippen molar-refractivity contribution < 1.29 is 13.6 Å². The van der Waals surface area contributed by atoms with Crippen LogP contribution in [0.1, 0.15) is 32.6 Å². The zero-order valence-corrected chi connectivity index (χ0v) is 8.96. The number of fused-ring (bicyclic) bond motifs is 1. The zero-order chi connectivity index (χ0) is 9.10. The first-order valence-electron chi connectivity index (χ1n) is 5.13. The van der Waals surface area contributed by atoms with Gasteiger partial charge in [0.25, 0.3) is 0 Å². The highest BCUT2D eigenvalue weighted by Crippen LogP contribution is 2.49. The van der Waals surface area contributed by atoms with E-state index in [2.05, 4.69) is 0 Å². The summed E-state index contributed by atoms with van der Waals surface area (Å²) >= 11 is 0. The molecule has 3 atom stereocenters. The van der Waals surface area contributed by atoms with Gasteiger partial charge >= 0.3 is 8.60 Å². The van der Waals surface area contributed by atoms with Gasteiger partial charge in [-0.25, -0.2) is 0 Å². The Hall–Kier alpha value is 0.310. The van der Waals surface area contributed by atoms with Crippen LogP contribution in [0.2, 0.25) is 0 Å². The molecule has 0 aromatic rings. The van der Waals surface area contributed by atoms with Crippen molar-refractivity contribution in [2.24, 2.45) is 5.92 Å². The molecule has 1 heterocycles. The van der Waals surface area contributed by atoms with Gasteiger partial charge in [0.15, 0.2) is 0 Å². The molecular formula is C9H17O3P. The molecule has 0 radical (unpaired) electrons. The van der Waals surface area contributed by atoms with Crippen LogP contribution in [0.3, 0.4) is 0 Å². The molecular weight excluding hydrogens is 187 g/mol. The zero-order valence-electron chi connectivity index (χ0n) is 8.07. The number of rotatable bonds is 2. The Kier molecular flexibility index (Phi) is 3.56. The first kappa shape index (κ1) is 9.85. The predicted molar refractivity (Wildman–Crippen MR) is 51.3 cm³/mol. The minimum absolute atomic E-state index is 0.417. The van der Waals surface area contributed by atoms with Crippen molar-refractivity contribution >= 4 is 8.60 Å². The van der Waals surface area contributed by atoms with E-state index in [9.17, 15) is 0 Å². The fourth-order valence-electron chi connectivity index (χ4n) is 1.97. The van der Waals surface area contributed by atoms with Crippen LogP contribution in [-0.4, -0.2) is 19.3 Å². The third-order valence-electron chi connectivity index (χ3n) is 2.69. The Morgan fingerprint density at radius 1 is 1.38 bits per heavy atom. The van der Waals surface area contributed by atoms with E-state index >= 15 is 0 Å². The van der Waals surface area contributed by atoms with Crippen molar-refractivity contribution in [3.63, 3.8) is 0 Å². The molecule has 1 saturated heterocycles. The first-order chi connectivity index (χ1) is 6.40. The largest absolute Gasteiger partial charge is 0.332 e. The number of hydrogen-bond donors (Lipinski definition) is 0. The van der Waals surface area contributed by atoms with E-state index < -0.39 is 8.60 Å². The Labute approximate surface area is 80.7 Å². The van der Waals surface area contributed by atoms with Crippen molar-refractivity contribution in [3.8, 4) is 0 Å². The van der Waals surface area contributed by atoms with E-state index in [4.69, 9.17) is 13.6 Å². The van der Waals surface area contributed by atoms with E-state index in [1.165, 1.54) is 25.7 Å². The van der Waals surface area contributed by atoms with E-state index in [0.29, 0.717) is 18.6 Å². The summed E-state index contributed by atoms with van der Waals surface area (Å²) in [5, 5.41) is 0. The first-order valence-corrected chi connectivity index (χ1v) is 6.22. The molecule has 0 N–H and O–H groups in total. The highest BCUT2D eigenvalue weighted by Gasteiger charge is 2.34. The number of hydrogen-bond acceptors (Lipinski definition) is 3. The maximum atomic E-state index is 5.75. The summed E-state index contributed by atoms with van der Waals surface area (Å²) in [4.78, 5) is 0. The summed E-state index contributed by atoms with van der Waals surface area (Å²) in [5.41, 5.74) is 0. The fourth-order valence-corrected chi connectivity index (χ4v) is 3.19. The van der Waals surface area contributed by atoms with Gasteiger partial charge in [0.05, 0.1) is 19.3 Å². The molecule has 2 aliphatic rings. The van der Waals surface area contributed by atoms with E-state index in [-0.39, 0.29) is 0 Å². The Balaban J connectivity index is 1.84. The lowest BCUT2D eigenvalue weighted by Gasteiger charge is -2.37. The molecule has 2 rings (SSSR count). The van der Waals surface area contributed by atoms with Gasteiger partial charge in [-0.1, -0.05) is 12.8 Å². The van der Waals surface area contributed by atoms with Crippen LogP contribution in [0.4, 0.5) is 0 Å². The van der Waals surface area contributed by atoms with Gasteiger partial charge in [0.1, 0.15) is 0 Å². The molecule has 0 bridgehead atoms. The average Bonchev–Trinajstić information content (AvgIpc) is 2.18. The normalized spacial score (nSPS) is 39.9. The van der Waals surface area contributed by atoms with E-state index in [1.54, 1.807) is 0 Å². The molecule has 1 saturated carbocycles. The predicted octanol–water partition coefficient (Wildman–Crippen LogP) is 2.86. The second-order valence-corrected chi connectivity index (χ2v) is 4.80. The minimum Gasteiger partial charge on any atom is -0.313 e. The fraction of sp³-hybridized carbons (Fsp3) is 1.00. The molecule has 3 nitrogen and oxygen atoms in total. The van der Waals surface area contributed by atoms with Gasteiger partial charge in [-0.05, 0) is 19.8 Å². The lowest BCUT2D eigenvalue weighted by Crippen LogP contribution is -2.33. The van der Waals surface area contributed by atoms with Crippen LogP contribution in [0.5, 0.6) is 0 Å². The topological polar surface area (TPSA) is 27.7 Å². The van der Waals surface area contributed by atoms with Crippen LogP contribution in [0.15, 0.2) is 0 Å². The van der Waals surface area contributed by atoms with E-state index in [1.807, 2.05) is 6.92 Å². The lowest BCUT2D eigenvalue weighted by atomic mass is 9.87. The summed E-state index contributed by atoms with van der Waals surface area (Å²) in [7, 11) is -1.02. The van der Waals surface area contributed by atoms with Crippen LogP contribution in [-0.2, 0) is 13.6 Å². The minimum atomic E-state index is -1.02. The summed E-state index contributed by atoms with van der Waals surface area (Å²) in [5.74, 6) is 0.632. The van der Waals surface area contributed by atoms with E-state index in [0.717, 1.165) is 6.61 Å². The van der Waals surface area contributed by atoms with Crippen molar-refractivity contribution in [2.45, 2.75) is 38.7 Å². The van der Waals surface area contributed by atoms with Gasteiger partial charge in [-0.15, -0.1) is 0 Å². The van der Waals surface area contributed by atoms with Gasteiger partial charge in [-0.2, -0.15) is 0 Å². The molecule has 2 fully saturated rings. The summed E-state index contributed by atoms with van der Waals surface area (Å²) in [6.45, 7) is 3.50. The molecule has 0 amide bonds. The smallest absolute Gasteiger partial charge is 0.313 e. The van der Waals surface area contributed by atoms with Gasteiger partial charge < -0.3 is 13.6 Å². The quantitative estimate of drug-likeness (QED) is 0.647. The molecule has 13 heavy (non-hydrogen) atoms. The maximum absolute atomic E-state index is 5.75. The van der Waals surface area contributed by atoms with Crippen LogP contribution < -0.4 is 0 Å². The second-order valence-electron chi connectivity index (χ2n) is 3.63. The van der Waals surface area contributed by atoms with Crippen LogP contribution in [0.25, 0.3) is 0 Å². The van der Waals surface area contributed by atoms with Gasteiger partial charge in [0.2, 0.25) is 0 Å². The monoisotopic (exact) mass is 204 g/mol. The maximum Gasteiger partial charge on any atom is 0.332 e. The molecule has 0 aromatic heterocycles. The van der Waals surface area contributed by atoms with Crippen molar-refractivity contribution in [1.29, 1.82) is 0 Å². The van der Waals surface area contributed by atoms with Crippen molar-refractivity contribution in [3.05, 3.63) is 0 Å². The van der Waals surface area contributed by atoms with Crippen LogP contribution >= 0.6 is 8.60 Å². The molecule has 76 valence electrons. The molecule has 3 unspecified atom stereocenters. The van der Waals surface area contributed by atoms with Gasteiger partial charge in [0, 0.05) is 5.92 Å². The highest BCUT2D eigenvalue weighted by molar-refractivity contribution is 7.41. The summed E-state index contributed by atoms with van der Waals surface area (Å²) < 4.78 is 16.6. The van der Waals surface area contributed by atoms with Crippen molar-refractivity contribution in [2.75, 3.05) is 13.2 Å². The SMILES string of the molecule is CCOP1OCC2CCCCC2O1. The Morgan fingerprint density at radius 3 is 3.08 bits per heavy atom. The molecule has 1 aliphatic heterocycles. The van der Waals surface area contributed by atoms with Crippen molar-refractivity contribution in [1.82, 2.24) is 0 Å². The lowest BCUT2D eigenvalue weighted by molar-refractivity contribution is -0.00715. The summed E-state index contributed by atoms with van der Waals surface area (Å²) in [6.07, 6.45) is 5.51. The summed E-state index contributed by atoms with van der Waals surface area (Å²) in [6, 6.07) is 0. The molecule has 4 heteroatoms. The standard InChI is InChI=1S/C9H17O3P/c1-2-10-13-11-7-8-5-3-4-6-9(8)12-13/h8-9H,2-7H2,1H3. The molecule has 0 spiro atoms. The average molecular weight is 204 g/mol. The molecule has 0 aromatic carbocycles. The highest BCUT2D eigenvalue weighted by atomic mass is 31.2. The Morgan fingerprint density at radius 2 is 2.23 bits per heavy atom. The van der Waals surface area contributed by atoms with Gasteiger partial charge in [-0.3, -0.25) is 0 Å². The molecule has 1 aliphatic carbocycles. The Bertz CT molecular complexity index is 165. The van der Waals surface area contributed by atoms with Crippen LogP contribution in [0, 0.1) is 5.92 Å². The second kappa shape index (κ2) is 4.70. The third-order valence-corrected chi connectivity index (χ3v) is 3.96.